The van der Waals surface area contributed by atoms with Crippen molar-refractivity contribution in [1.82, 2.24) is 0 Å². The lowest BCUT2D eigenvalue weighted by Gasteiger charge is -2.11. The molecule has 1 aromatic carbocycles. The SMILES string of the molecule is C=C(C)CC(N)CSc1ccccc1Cl. The van der Waals surface area contributed by atoms with Crippen molar-refractivity contribution in [2.75, 3.05) is 5.75 Å². The van der Waals surface area contributed by atoms with Gasteiger partial charge in [-0.3, -0.25) is 0 Å². The lowest BCUT2D eigenvalue weighted by Crippen LogP contribution is -2.22. The van der Waals surface area contributed by atoms with Gasteiger partial charge >= 0.3 is 0 Å². The number of rotatable bonds is 5. The first-order valence-corrected chi connectivity index (χ1v) is 6.23. The van der Waals surface area contributed by atoms with Crippen LogP contribution in [0.5, 0.6) is 0 Å². The lowest BCUT2D eigenvalue weighted by atomic mass is 10.1. The Hall–Kier alpha value is -0.440. The van der Waals surface area contributed by atoms with E-state index in [1.54, 1.807) is 11.8 Å². The molecular formula is C12H16ClNS. The summed E-state index contributed by atoms with van der Waals surface area (Å²) in [6.45, 7) is 5.85. The molecule has 0 aliphatic rings. The van der Waals surface area contributed by atoms with Crippen LogP contribution in [-0.2, 0) is 0 Å². The zero-order chi connectivity index (χ0) is 11.3. The third-order valence-electron chi connectivity index (χ3n) is 1.90. The van der Waals surface area contributed by atoms with Crippen LogP contribution in [0.2, 0.25) is 5.02 Å². The fourth-order valence-electron chi connectivity index (χ4n) is 1.27. The molecule has 0 aromatic heterocycles. The summed E-state index contributed by atoms with van der Waals surface area (Å²) in [7, 11) is 0. The first-order chi connectivity index (χ1) is 7.09. The molecule has 0 saturated heterocycles. The van der Waals surface area contributed by atoms with Gasteiger partial charge in [0.15, 0.2) is 0 Å². The van der Waals surface area contributed by atoms with Crippen molar-refractivity contribution >= 4 is 23.4 Å². The molecule has 0 saturated carbocycles. The Bertz CT molecular complexity index is 338. The van der Waals surface area contributed by atoms with Crippen LogP contribution in [0.4, 0.5) is 0 Å². The molecular weight excluding hydrogens is 226 g/mol. The number of hydrogen-bond acceptors (Lipinski definition) is 2. The van der Waals surface area contributed by atoms with Gasteiger partial charge < -0.3 is 5.73 Å². The summed E-state index contributed by atoms with van der Waals surface area (Å²) in [6, 6.07) is 7.98. The quantitative estimate of drug-likeness (QED) is 0.628. The van der Waals surface area contributed by atoms with Gasteiger partial charge in [-0.2, -0.15) is 0 Å². The Morgan fingerprint density at radius 2 is 2.20 bits per heavy atom. The molecule has 82 valence electrons. The van der Waals surface area contributed by atoms with E-state index in [1.165, 1.54) is 0 Å². The fraction of sp³-hybridized carbons (Fsp3) is 0.333. The molecule has 1 aromatic rings. The van der Waals surface area contributed by atoms with Crippen LogP contribution in [0.1, 0.15) is 13.3 Å². The molecule has 0 heterocycles. The summed E-state index contributed by atoms with van der Waals surface area (Å²) in [5.41, 5.74) is 7.07. The summed E-state index contributed by atoms with van der Waals surface area (Å²) in [5.74, 6) is 0.872. The molecule has 3 heteroatoms. The fourth-order valence-corrected chi connectivity index (χ4v) is 2.46. The Balaban J connectivity index is 2.43. The second kappa shape index (κ2) is 6.21. The normalized spacial score (nSPS) is 12.5. The average Bonchev–Trinajstić information content (AvgIpc) is 2.15. The van der Waals surface area contributed by atoms with Gasteiger partial charge in [0.1, 0.15) is 0 Å². The Kier molecular flexibility index (Phi) is 5.23. The first-order valence-electron chi connectivity index (χ1n) is 4.87. The van der Waals surface area contributed by atoms with Crippen LogP contribution in [0.15, 0.2) is 41.3 Å². The third-order valence-corrected chi connectivity index (χ3v) is 3.60. The summed E-state index contributed by atoms with van der Waals surface area (Å²) < 4.78 is 0. The van der Waals surface area contributed by atoms with E-state index in [0.717, 1.165) is 27.7 Å². The highest BCUT2D eigenvalue weighted by atomic mass is 35.5. The lowest BCUT2D eigenvalue weighted by molar-refractivity contribution is 0.743. The van der Waals surface area contributed by atoms with E-state index >= 15 is 0 Å². The van der Waals surface area contributed by atoms with E-state index in [0.29, 0.717) is 0 Å². The van der Waals surface area contributed by atoms with Crippen molar-refractivity contribution < 1.29 is 0 Å². The Labute approximate surface area is 101 Å². The molecule has 0 fully saturated rings. The van der Waals surface area contributed by atoms with Gasteiger partial charge in [-0.15, -0.1) is 18.3 Å². The zero-order valence-corrected chi connectivity index (χ0v) is 10.4. The standard InChI is InChI=1S/C12H16ClNS/c1-9(2)7-10(14)8-15-12-6-4-3-5-11(12)13/h3-6,10H,1,7-8,14H2,2H3. The third kappa shape index (κ3) is 4.74. The first kappa shape index (κ1) is 12.6. The van der Waals surface area contributed by atoms with Gasteiger partial charge in [0, 0.05) is 16.7 Å². The predicted molar refractivity (Wildman–Crippen MR) is 69.6 cm³/mol. The molecule has 1 atom stereocenters. The second-order valence-electron chi connectivity index (χ2n) is 3.66. The van der Waals surface area contributed by atoms with Gasteiger partial charge in [-0.05, 0) is 25.5 Å². The smallest absolute Gasteiger partial charge is 0.0541 e. The summed E-state index contributed by atoms with van der Waals surface area (Å²) in [5, 5.41) is 0.796. The zero-order valence-electron chi connectivity index (χ0n) is 8.87. The summed E-state index contributed by atoms with van der Waals surface area (Å²) in [4.78, 5) is 1.09. The van der Waals surface area contributed by atoms with Gasteiger partial charge in [0.05, 0.1) is 5.02 Å². The molecule has 0 bridgehead atoms. The van der Waals surface area contributed by atoms with Crippen molar-refractivity contribution in [2.45, 2.75) is 24.3 Å². The highest BCUT2D eigenvalue weighted by Crippen LogP contribution is 2.27. The molecule has 0 aliphatic heterocycles. The number of thioether (sulfide) groups is 1. The van der Waals surface area contributed by atoms with Crippen LogP contribution < -0.4 is 5.73 Å². The highest BCUT2D eigenvalue weighted by molar-refractivity contribution is 7.99. The van der Waals surface area contributed by atoms with E-state index in [4.69, 9.17) is 17.3 Å². The van der Waals surface area contributed by atoms with E-state index in [9.17, 15) is 0 Å². The maximum atomic E-state index is 6.03. The minimum absolute atomic E-state index is 0.156. The molecule has 15 heavy (non-hydrogen) atoms. The number of halogens is 1. The van der Waals surface area contributed by atoms with Gasteiger partial charge in [-0.1, -0.05) is 29.3 Å². The molecule has 1 nitrogen and oxygen atoms in total. The van der Waals surface area contributed by atoms with Crippen LogP contribution in [0, 0.1) is 0 Å². The molecule has 1 rings (SSSR count). The van der Waals surface area contributed by atoms with E-state index < -0.39 is 0 Å². The van der Waals surface area contributed by atoms with E-state index in [2.05, 4.69) is 6.58 Å². The predicted octanol–water partition coefficient (Wildman–Crippen LogP) is 3.73. The Morgan fingerprint density at radius 1 is 1.53 bits per heavy atom. The summed E-state index contributed by atoms with van der Waals surface area (Å²) >= 11 is 7.73. The van der Waals surface area contributed by atoms with Gasteiger partial charge in [0.2, 0.25) is 0 Å². The van der Waals surface area contributed by atoms with E-state index in [-0.39, 0.29) is 6.04 Å². The van der Waals surface area contributed by atoms with Gasteiger partial charge in [-0.25, -0.2) is 0 Å². The maximum Gasteiger partial charge on any atom is 0.0541 e. The molecule has 0 amide bonds. The number of hydrogen-bond donors (Lipinski definition) is 1. The number of benzene rings is 1. The summed E-state index contributed by atoms with van der Waals surface area (Å²) in [6.07, 6.45) is 0.872. The van der Waals surface area contributed by atoms with Gasteiger partial charge in [0.25, 0.3) is 0 Å². The van der Waals surface area contributed by atoms with Crippen molar-refractivity contribution in [2.24, 2.45) is 5.73 Å². The minimum Gasteiger partial charge on any atom is -0.327 e. The van der Waals surface area contributed by atoms with Crippen molar-refractivity contribution in [3.05, 3.63) is 41.4 Å². The molecule has 0 radical (unpaired) electrons. The molecule has 2 N–H and O–H groups in total. The maximum absolute atomic E-state index is 6.03. The Morgan fingerprint density at radius 3 is 2.80 bits per heavy atom. The van der Waals surface area contributed by atoms with Crippen molar-refractivity contribution in [3.8, 4) is 0 Å². The van der Waals surface area contributed by atoms with Crippen LogP contribution in [0.25, 0.3) is 0 Å². The topological polar surface area (TPSA) is 26.0 Å². The second-order valence-corrected chi connectivity index (χ2v) is 5.13. The van der Waals surface area contributed by atoms with Crippen LogP contribution >= 0.6 is 23.4 Å². The average molecular weight is 242 g/mol. The largest absolute Gasteiger partial charge is 0.327 e. The van der Waals surface area contributed by atoms with Crippen LogP contribution in [-0.4, -0.2) is 11.8 Å². The molecule has 0 spiro atoms. The van der Waals surface area contributed by atoms with Crippen molar-refractivity contribution in [1.29, 1.82) is 0 Å². The van der Waals surface area contributed by atoms with Crippen molar-refractivity contribution in [3.63, 3.8) is 0 Å². The molecule has 0 aliphatic carbocycles. The highest BCUT2D eigenvalue weighted by Gasteiger charge is 2.05. The van der Waals surface area contributed by atoms with Crippen LogP contribution in [0.3, 0.4) is 0 Å². The molecule has 1 unspecified atom stereocenters. The monoisotopic (exact) mass is 241 g/mol. The number of nitrogens with two attached hydrogens (primary N) is 1. The minimum atomic E-state index is 0.156. The van der Waals surface area contributed by atoms with E-state index in [1.807, 2.05) is 31.2 Å².